The first-order valence-corrected chi connectivity index (χ1v) is 7.66. The van der Waals surface area contributed by atoms with Crippen molar-refractivity contribution in [1.29, 1.82) is 0 Å². The number of anilines is 1. The third kappa shape index (κ3) is 4.89. The molecule has 24 heavy (non-hydrogen) atoms. The molecule has 0 aromatic heterocycles. The minimum Gasteiger partial charge on any atom is -0.399 e. The molecule has 0 atom stereocenters. The molecule has 0 bridgehead atoms. The molecule has 2 aromatic carbocycles. The van der Waals surface area contributed by atoms with Crippen molar-refractivity contribution in [3.63, 3.8) is 0 Å². The summed E-state index contributed by atoms with van der Waals surface area (Å²) in [5.41, 5.74) is 7.96. The monoisotopic (exact) mass is 356 g/mol. The molecule has 1 aliphatic carbocycles. The Morgan fingerprint density at radius 3 is 2.12 bits per heavy atom. The highest BCUT2D eigenvalue weighted by Gasteiger charge is 2.31. The highest BCUT2D eigenvalue weighted by Crippen LogP contribution is 2.32. The summed E-state index contributed by atoms with van der Waals surface area (Å²) < 4.78 is 37.9. The SMILES string of the molecule is Cl.Nc1cccc(CN(Cc2ccc(C(F)(F)F)cc2)C2CC2)c1. The van der Waals surface area contributed by atoms with Crippen LogP contribution in [0.5, 0.6) is 0 Å². The molecule has 0 heterocycles. The molecule has 0 spiro atoms. The number of hydrogen-bond acceptors (Lipinski definition) is 2. The van der Waals surface area contributed by atoms with Crippen LogP contribution in [0.1, 0.15) is 29.5 Å². The van der Waals surface area contributed by atoms with Gasteiger partial charge in [0.2, 0.25) is 0 Å². The molecule has 0 saturated heterocycles. The Hall–Kier alpha value is -1.72. The van der Waals surface area contributed by atoms with Gasteiger partial charge in [0.15, 0.2) is 0 Å². The van der Waals surface area contributed by atoms with E-state index in [9.17, 15) is 13.2 Å². The van der Waals surface area contributed by atoms with E-state index >= 15 is 0 Å². The summed E-state index contributed by atoms with van der Waals surface area (Å²) in [5.74, 6) is 0. The fourth-order valence-electron chi connectivity index (χ4n) is 2.71. The molecular formula is C18H20ClF3N2. The number of hydrogen-bond donors (Lipinski definition) is 1. The normalized spacial score (nSPS) is 14.5. The Morgan fingerprint density at radius 1 is 0.958 bits per heavy atom. The van der Waals surface area contributed by atoms with Gasteiger partial charge < -0.3 is 5.73 Å². The first-order valence-electron chi connectivity index (χ1n) is 7.66. The van der Waals surface area contributed by atoms with Crippen LogP contribution in [0, 0.1) is 0 Å². The summed E-state index contributed by atoms with van der Waals surface area (Å²) in [4.78, 5) is 2.30. The number of rotatable bonds is 5. The van der Waals surface area contributed by atoms with Crippen LogP contribution in [0.4, 0.5) is 18.9 Å². The first kappa shape index (κ1) is 18.6. The molecule has 130 valence electrons. The lowest BCUT2D eigenvalue weighted by Crippen LogP contribution is -2.25. The second kappa shape index (κ2) is 7.45. The molecular weight excluding hydrogens is 337 g/mol. The van der Waals surface area contributed by atoms with Crippen LogP contribution in [0.15, 0.2) is 48.5 Å². The van der Waals surface area contributed by atoms with E-state index in [1.54, 1.807) is 12.1 Å². The van der Waals surface area contributed by atoms with E-state index in [4.69, 9.17) is 5.73 Å². The van der Waals surface area contributed by atoms with E-state index in [2.05, 4.69) is 4.90 Å². The predicted octanol–water partition coefficient (Wildman–Crippen LogP) is 4.87. The lowest BCUT2D eigenvalue weighted by Gasteiger charge is -2.22. The van der Waals surface area contributed by atoms with Gasteiger partial charge in [-0.1, -0.05) is 24.3 Å². The molecule has 6 heteroatoms. The Labute approximate surface area is 145 Å². The Morgan fingerprint density at radius 2 is 1.58 bits per heavy atom. The summed E-state index contributed by atoms with van der Waals surface area (Å²) in [5, 5.41) is 0. The van der Waals surface area contributed by atoms with Crippen molar-refractivity contribution in [2.45, 2.75) is 38.1 Å². The summed E-state index contributed by atoms with van der Waals surface area (Å²) in [7, 11) is 0. The van der Waals surface area contributed by atoms with E-state index in [1.807, 2.05) is 24.3 Å². The third-order valence-electron chi connectivity index (χ3n) is 4.07. The standard InChI is InChI=1S/C18H19F3N2.ClH/c19-18(20,21)15-6-4-13(5-7-15)11-23(17-8-9-17)12-14-2-1-3-16(22)10-14;/h1-7,10,17H,8-9,11-12,22H2;1H. The van der Waals surface area contributed by atoms with Crippen LogP contribution in [-0.4, -0.2) is 10.9 Å². The largest absolute Gasteiger partial charge is 0.416 e. The van der Waals surface area contributed by atoms with E-state index in [1.165, 1.54) is 0 Å². The fraction of sp³-hybridized carbons (Fsp3) is 0.333. The minimum absolute atomic E-state index is 0. The van der Waals surface area contributed by atoms with Crippen LogP contribution < -0.4 is 5.73 Å². The zero-order valence-electron chi connectivity index (χ0n) is 13.1. The number of nitrogens with zero attached hydrogens (tertiary/aromatic N) is 1. The highest BCUT2D eigenvalue weighted by atomic mass is 35.5. The van der Waals surface area contributed by atoms with Gasteiger partial charge in [-0.25, -0.2) is 0 Å². The molecule has 0 unspecified atom stereocenters. The van der Waals surface area contributed by atoms with Crippen molar-refractivity contribution >= 4 is 18.1 Å². The second-order valence-electron chi connectivity index (χ2n) is 6.08. The molecule has 3 rings (SSSR count). The van der Waals surface area contributed by atoms with E-state index in [0.29, 0.717) is 12.6 Å². The third-order valence-corrected chi connectivity index (χ3v) is 4.07. The van der Waals surface area contributed by atoms with Gasteiger partial charge in [0.25, 0.3) is 0 Å². The molecule has 0 radical (unpaired) electrons. The maximum atomic E-state index is 12.6. The van der Waals surface area contributed by atoms with Gasteiger partial charge in [0.1, 0.15) is 0 Å². The van der Waals surface area contributed by atoms with Gasteiger partial charge in [0, 0.05) is 24.8 Å². The Balaban J connectivity index is 0.00000208. The summed E-state index contributed by atoms with van der Waals surface area (Å²) in [6.07, 6.45) is -2.00. The molecule has 2 N–H and O–H groups in total. The average Bonchev–Trinajstić information content (AvgIpc) is 3.31. The molecule has 2 nitrogen and oxygen atoms in total. The first-order chi connectivity index (χ1) is 10.9. The quantitative estimate of drug-likeness (QED) is 0.774. The van der Waals surface area contributed by atoms with Gasteiger partial charge in [-0.3, -0.25) is 4.90 Å². The molecule has 1 fully saturated rings. The van der Waals surface area contributed by atoms with Crippen molar-refractivity contribution in [2.24, 2.45) is 0 Å². The zero-order valence-corrected chi connectivity index (χ0v) is 13.9. The highest BCUT2D eigenvalue weighted by molar-refractivity contribution is 5.85. The van der Waals surface area contributed by atoms with Crippen molar-refractivity contribution in [3.8, 4) is 0 Å². The molecule has 0 aliphatic heterocycles. The lowest BCUT2D eigenvalue weighted by molar-refractivity contribution is -0.137. The number of halogens is 4. The van der Waals surface area contributed by atoms with Crippen LogP contribution in [0.3, 0.4) is 0 Å². The number of alkyl halides is 3. The average molecular weight is 357 g/mol. The smallest absolute Gasteiger partial charge is 0.399 e. The van der Waals surface area contributed by atoms with Crippen LogP contribution in [0.25, 0.3) is 0 Å². The Kier molecular flexibility index (Phi) is 5.78. The van der Waals surface area contributed by atoms with Gasteiger partial charge >= 0.3 is 6.18 Å². The van der Waals surface area contributed by atoms with Gasteiger partial charge in [-0.15, -0.1) is 12.4 Å². The Bertz CT molecular complexity index is 667. The second-order valence-corrected chi connectivity index (χ2v) is 6.08. The molecule has 1 saturated carbocycles. The number of nitrogen functional groups attached to an aromatic ring is 1. The zero-order chi connectivity index (χ0) is 16.4. The minimum atomic E-state index is -4.28. The van der Waals surface area contributed by atoms with Crippen molar-refractivity contribution < 1.29 is 13.2 Å². The van der Waals surface area contributed by atoms with E-state index in [0.717, 1.165) is 48.3 Å². The topological polar surface area (TPSA) is 29.3 Å². The molecule has 0 amide bonds. The van der Waals surface area contributed by atoms with E-state index < -0.39 is 11.7 Å². The fourth-order valence-corrected chi connectivity index (χ4v) is 2.71. The number of nitrogens with two attached hydrogens (primary N) is 1. The van der Waals surface area contributed by atoms with Gasteiger partial charge in [0.05, 0.1) is 5.56 Å². The van der Waals surface area contributed by atoms with E-state index in [-0.39, 0.29) is 12.4 Å². The predicted molar refractivity (Wildman–Crippen MR) is 91.8 cm³/mol. The summed E-state index contributed by atoms with van der Waals surface area (Å²) >= 11 is 0. The van der Waals surface area contributed by atoms with Crippen molar-refractivity contribution in [1.82, 2.24) is 4.90 Å². The van der Waals surface area contributed by atoms with Crippen molar-refractivity contribution in [3.05, 3.63) is 65.2 Å². The molecule has 1 aliphatic rings. The maximum Gasteiger partial charge on any atom is 0.416 e. The van der Waals surface area contributed by atoms with Gasteiger partial charge in [-0.05, 0) is 48.2 Å². The van der Waals surface area contributed by atoms with Gasteiger partial charge in [-0.2, -0.15) is 13.2 Å². The van der Waals surface area contributed by atoms with Crippen LogP contribution in [-0.2, 0) is 19.3 Å². The lowest BCUT2D eigenvalue weighted by atomic mass is 10.1. The summed E-state index contributed by atoms with van der Waals surface area (Å²) in [6, 6.07) is 13.7. The molecule has 2 aromatic rings. The number of benzene rings is 2. The maximum absolute atomic E-state index is 12.6. The summed E-state index contributed by atoms with van der Waals surface area (Å²) in [6.45, 7) is 1.41. The van der Waals surface area contributed by atoms with Crippen molar-refractivity contribution in [2.75, 3.05) is 5.73 Å². The van der Waals surface area contributed by atoms with Crippen LogP contribution >= 0.6 is 12.4 Å². The van der Waals surface area contributed by atoms with Crippen LogP contribution in [0.2, 0.25) is 0 Å².